The summed E-state index contributed by atoms with van der Waals surface area (Å²) in [7, 11) is 0. The molecule has 0 bridgehead atoms. The van der Waals surface area contributed by atoms with Crippen LogP contribution in [0.2, 0.25) is 0 Å². The summed E-state index contributed by atoms with van der Waals surface area (Å²) in [5.74, 6) is 1.26. The first-order valence-corrected chi connectivity index (χ1v) is 9.70. The number of anilines is 1. The van der Waals surface area contributed by atoms with E-state index in [0.717, 1.165) is 31.7 Å². The Morgan fingerprint density at radius 2 is 2.20 bits per heavy atom. The molecule has 2 aliphatic heterocycles. The van der Waals surface area contributed by atoms with Gasteiger partial charge in [0.05, 0.1) is 19.0 Å². The van der Waals surface area contributed by atoms with Crippen molar-refractivity contribution < 1.29 is 14.6 Å². The van der Waals surface area contributed by atoms with E-state index in [9.17, 15) is 9.90 Å². The molecule has 134 valence electrons. The van der Waals surface area contributed by atoms with Gasteiger partial charge >= 0.3 is 5.97 Å². The quantitative estimate of drug-likeness (QED) is 0.797. The molecule has 1 N–H and O–H groups in total. The van der Waals surface area contributed by atoms with Crippen molar-refractivity contribution in [2.75, 3.05) is 36.1 Å². The van der Waals surface area contributed by atoms with Gasteiger partial charge in [-0.1, -0.05) is 0 Å². The van der Waals surface area contributed by atoms with Gasteiger partial charge in [-0.05, 0) is 19.8 Å². The summed E-state index contributed by atoms with van der Waals surface area (Å²) >= 11 is 1.53. The largest absolute Gasteiger partial charge is 0.464 e. The fourth-order valence-electron chi connectivity index (χ4n) is 3.61. The smallest absolute Gasteiger partial charge is 0.336 e. The van der Waals surface area contributed by atoms with Crippen molar-refractivity contribution in [1.29, 1.82) is 0 Å². The first-order valence-electron chi connectivity index (χ1n) is 8.55. The minimum Gasteiger partial charge on any atom is -0.464 e. The minimum absolute atomic E-state index is 0.263. The van der Waals surface area contributed by atoms with Crippen LogP contribution in [0.1, 0.15) is 19.8 Å². The summed E-state index contributed by atoms with van der Waals surface area (Å²) in [5.41, 5.74) is 0.0372. The van der Waals surface area contributed by atoms with Gasteiger partial charge in [-0.25, -0.2) is 19.7 Å². The Bertz CT molecular complexity index is 791. The van der Waals surface area contributed by atoms with Crippen LogP contribution in [-0.4, -0.2) is 67.9 Å². The van der Waals surface area contributed by atoms with E-state index in [2.05, 4.69) is 19.9 Å². The number of esters is 1. The highest BCUT2D eigenvalue weighted by atomic mass is 32.2. The number of aliphatic hydroxyl groups excluding tert-OH is 1. The maximum Gasteiger partial charge on any atom is 0.336 e. The van der Waals surface area contributed by atoms with E-state index >= 15 is 0 Å². The molecule has 2 saturated heterocycles. The van der Waals surface area contributed by atoms with Crippen LogP contribution in [0, 0.1) is 0 Å². The number of thioether (sulfide) groups is 1. The molecule has 4 rings (SSSR count). The molecule has 2 fully saturated rings. The van der Waals surface area contributed by atoms with Crippen molar-refractivity contribution in [1.82, 2.24) is 19.5 Å². The van der Waals surface area contributed by atoms with Gasteiger partial charge in [-0.15, -0.1) is 0 Å². The lowest BCUT2D eigenvalue weighted by molar-refractivity contribution is -0.157. The van der Waals surface area contributed by atoms with Crippen LogP contribution in [0.3, 0.4) is 0 Å². The van der Waals surface area contributed by atoms with E-state index in [1.165, 1.54) is 18.1 Å². The zero-order chi connectivity index (χ0) is 17.4. The Balaban J connectivity index is 1.85. The molecular weight excluding hydrogens is 342 g/mol. The van der Waals surface area contributed by atoms with E-state index in [1.54, 1.807) is 17.8 Å². The lowest BCUT2D eigenvalue weighted by atomic mass is 9.95. The number of hydrogen-bond donors (Lipinski definition) is 1. The second-order valence-corrected chi connectivity index (χ2v) is 7.38. The van der Waals surface area contributed by atoms with Crippen LogP contribution in [0.4, 0.5) is 5.82 Å². The Kier molecular flexibility index (Phi) is 4.28. The highest BCUT2D eigenvalue weighted by Crippen LogP contribution is 2.39. The number of nitrogens with zero attached hydrogens (tertiary/aromatic N) is 5. The molecule has 2 aliphatic rings. The fourth-order valence-corrected chi connectivity index (χ4v) is 4.99. The number of hydrogen-bond acceptors (Lipinski definition) is 8. The molecule has 2 atom stereocenters. The van der Waals surface area contributed by atoms with Crippen LogP contribution in [0.5, 0.6) is 0 Å². The maximum atomic E-state index is 12.8. The van der Waals surface area contributed by atoms with Crippen molar-refractivity contribution in [2.45, 2.75) is 31.4 Å². The lowest BCUT2D eigenvalue weighted by Crippen LogP contribution is -2.51. The summed E-state index contributed by atoms with van der Waals surface area (Å²) in [6.45, 7) is 3.92. The normalized spacial score (nSPS) is 26.5. The van der Waals surface area contributed by atoms with Gasteiger partial charge in [0.1, 0.15) is 6.33 Å². The zero-order valence-corrected chi connectivity index (χ0v) is 14.9. The van der Waals surface area contributed by atoms with Crippen molar-refractivity contribution in [2.24, 2.45) is 0 Å². The van der Waals surface area contributed by atoms with Gasteiger partial charge in [-0.3, -0.25) is 4.57 Å². The number of ether oxygens (including phenoxy) is 1. The molecule has 0 radical (unpaired) electrons. The molecule has 0 spiro atoms. The predicted octanol–water partition coefficient (Wildman–Crippen LogP) is 0.793. The zero-order valence-electron chi connectivity index (χ0n) is 14.1. The number of carbonyl (C=O) groups excluding carboxylic acids is 1. The van der Waals surface area contributed by atoms with Crippen LogP contribution >= 0.6 is 11.8 Å². The highest BCUT2D eigenvalue weighted by molar-refractivity contribution is 7.99. The van der Waals surface area contributed by atoms with E-state index in [4.69, 9.17) is 4.74 Å². The van der Waals surface area contributed by atoms with Crippen molar-refractivity contribution in [3.05, 3.63) is 12.7 Å². The first-order chi connectivity index (χ1) is 12.2. The molecule has 2 aromatic heterocycles. The van der Waals surface area contributed by atoms with Crippen molar-refractivity contribution in [3.8, 4) is 0 Å². The monoisotopic (exact) mass is 363 g/mol. The Morgan fingerprint density at radius 3 is 2.88 bits per heavy atom. The predicted molar refractivity (Wildman–Crippen MR) is 94.7 cm³/mol. The van der Waals surface area contributed by atoms with E-state index in [-0.39, 0.29) is 6.61 Å². The highest BCUT2D eigenvalue weighted by Gasteiger charge is 2.53. The molecule has 0 aromatic carbocycles. The topological polar surface area (TPSA) is 93.4 Å². The average Bonchev–Trinajstić information content (AvgIpc) is 3.34. The van der Waals surface area contributed by atoms with Gasteiger partial charge in [-0.2, -0.15) is 11.8 Å². The second-order valence-electron chi connectivity index (χ2n) is 6.35. The molecule has 2 unspecified atom stereocenters. The molecule has 0 aliphatic carbocycles. The Hall–Kier alpha value is -1.87. The Morgan fingerprint density at radius 1 is 1.40 bits per heavy atom. The third kappa shape index (κ3) is 2.48. The fraction of sp³-hybridized carbons (Fsp3) is 0.625. The molecule has 0 amide bonds. The first kappa shape index (κ1) is 16.6. The lowest BCUT2D eigenvalue weighted by Gasteiger charge is -2.31. The second kappa shape index (κ2) is 6.45. The van der Waals surface area contributed by atoms with E-state index < -0.39 is 17.6 Å². The number of fused-ring (bicyclic) bond motifs is 1. The standard InChI is InChI=1S/C16H21N5O3S/c1-2-24-15(23)16(8-25-7-11(16)22)21-10-19-12-13(17-9-18-14(12)21)20-5-3-4-6-20/h9-11,22H,2-8H2,1H3. The number of rotatable bonds is 4. The summed E-state index contributed by atoms with van der Waals surface area (Å²) in [5, 5.41) is 10.6. The third-order valence-electron chi connectivity index (χ3n) is 4.93. The average molecular weight is 363 g/mol. The van der Waals surface area contributed by atoms with Gasteiger partial charge in [0.2, 0.25) is 0 Å². The summed E-state index contributed by atoms with van der Waals surface area (Å²) in [4.78, 5) is 28.2. The van der Waals surface area contributed by atoms with Crippen LogP contribution in [0.25, 0.3) is 11.2 Å². The molecule has 0 saturated carbocycles. The van der Waals surface area contributed by atoms with Crippen LogP contribution < -0.4 is 4.90 Å². The van der Waals surface area contributed by atoms with Crippen molar-refractivity contribution >= 4 is 34.7 Å². The van der Waals surface area contributed by atoms with Gasteiger partial charge in [0, 0.05) is 24.6 Å². The number of aliphatic hydroxyl groups is 1. The molecule has 4 heterocycles. The molecule has 8 nitrogen and oxygen atoms in total. The molecule has 25 heavy (non-hydrogen) atoms. The van der Waals surface area contributed by atoms with Gasteiger partial charge in [0.15, 0.2) is 22.5 Å². The molecule has 9 heteroatoms. The third-order valence-corrected chi connectivity index (χ3v) is 6.12. The van der Waals surface area contributed by atoms with Crippen molar-refractivity contribution in [3.63, 3.8) is 0 Å². The number of aromatic nitrogens is 4. The summed E-state index contributed by atoms with van der Waals surface area (Å²) in [6.07, 6.45) is 4.51. The van der Waals surface area contributed by atoms with E-state index in [0.29, 0.717) is 22.7 Å². The maximum absolute atomic E-state index is 12.8. The summed E-state index contributed by atoms with van der Waals surface area (Å²) < 4.78 is 6.97. The van der Waals surface area contributed by atoms with Gasteiger partial charge in [0.25, 0.3) is 0 Å². The van der Waals surface area contributed by atoms with Crippen LogP contribution in [0.15, 0.2) is 12.7 Å². The number of carbonyl (C=O) groups is 1. The van der Waals surface area contributed by atoms with Crippen LogP contribution in [-0.2, 0) is 15.1 Å². The van der Waals surface area contributed by atoms with Gasteiger partial charge < -0.3 is 14.7 Å². The Labute approximate surface area is 149 Å². The SMILES string of the molecule is CCOC(=O)C1(n2cnc3c(N4CCCC4)ncnc32)CSCC1O. The summed E-state index contributed by atoms with van der Waals surface area (Å²) in [6, 6.07) is 0. The minimum atomic E-state index is -1.19. The van der Waals surface area contributed by atoms with E-state index in [1.807, 2.05) is 0 Å². The molecular formula is C16H21N5O3S. The number of imidazole rings is 1. The molecule has 2 aromatic rings.